The number of carbonyl (C=O) groups excluding carboxylic acids is 1. The number of hydrogen-bond donors (Lipinski definition) is 0. The van der Waals surface area contributed by atoms with Gasteiger partial charge in [-0.2, -0.15) is 28.4 Å². The molecule has 136 valence electrons. The third-order valence-corrected chi connectivity index (χ3v) is 7.60. The topological polar surface area (TPSA) is 73.8 Å². The molecular weight excluding hydrogens is 380 g/mol. The molecule has 1 aliphatic rings. The molecule has 10 heteroatoms. The summed E-state index contributed by atoms with van der Waals surface area (Å²) in [5.41, 5.74) is 1.84. The Morgan fingerprint density at radius 2 is 1.96 bits per heavy atom. The van der Waals surface area contributed by atoms with Gasteiger partial charge in [-0.1, -0.05) is 0 Å². The highest BCUT2D eigenvalue weighted by atomic mass is 32.2. The maximum absolute atomic E-state index is 12.5. The van der Waals surface area contributed by atoms with Gasteiger partial charge in [0.2, 0.25) is 5.91 Å². The van der Waals surface area contributed by atoms with Crippen LogP contribution >= 0.6 is 22.7 Å². The fourth-order valence-electron chi connectivity index (χ4n) is 2.57. The lowest BCUT2D eigenvalue weighted by atomic mass is 10.2. The quantitative estimate of drug-likeness (QED) is 0.760. The van der Waals surface area contributed by atoms with E-state index in [1.807, 2.05) is 22.2 Å². The van der Waals surface area contributed by atoms with Crippen molar-refractivity contribution in [3.8, 4) is 10.6 Å². The van der Waals surface area contributed by atoms with Gasteiger partial charge < -0.3 is 4.90 Å². The van der Waals surface area contributed by atoms with Gasteiger partial charge in [0.05, 0.1) is 12.1 Å². The zero-order chi connectivity index (χ0) is 18.0. The fourth-order valence-corrected chi connectivity index (χ4v) is 5.19. The number of rotatable bonds is 5. The molecular formula is C15H20N4O3S3. The zero-order valence-electron chi connectivity index (χ0n) is 14.1. The summed E-state index contributed by atoms with van der Waals surface area (Å²) >= 11 is 3.15. The van der Waals surface area contributed by atoms with E-state index < -0.39 is 10.2 Å². The Kier molecular flexibility index (Phi) is 5.54. The summed E-state index contributed by atoms with van der Waals surface area (Å²) < 4.78 is 26.8. The van der Waals surface area contributed by atoms with Gasteiger partial charge in [0.15, 0.2) is 0 Å². The normalized spacial score (nSPS) is 16.5. The Hall–Kier alpha value is -1.33. The molecule has 0 saturated carbocycles. The molecule has 0 bridgehead atoms. The van der Waals surface area contributed by atoms with E-state index in [4.69, 9.17) is 0 Å². The van der Waals surface area contributed by atoms with E-state index in [1.54, 1.807) is 16.2 Å². The van der Waals surface area contributed by atoms with Crippen molar-refractivity contribution < 1.29 is 13.2 Å². The second-order valence-corrected chi connectivity index (χ2v) is 9.68. The molecule has 0 radical (unpaired) electrons. The number of thiazole rings is 1. The third-order valence-electron chi connectivity index (χ3n) is 4.03. The van der Waals surface area contributed by atoms with E-state index in [1.165, 1.54) is 34.0 Å². The summed E-state index contributed by atoms with van der Waals surface area (Å²) in [6.07, 6.45) is 0.251. The molecule has 7 nitrogen and oxygen atoms in total. The lowest BCUT2D eigenvalue weighted by Crippen LogP contribution is -2.53. The summed E-state index contributed by atoms with van der Waals surface area (Å²) in [7, 11) is -0.383. The summed E-state index contributed by atoms with van der Waals surface area (Å²) in [5.74, 6) is -0.0101. The van der Waals surface area contributed by atoms with Crippen molar-refractivity contribution in [2.45, 2.75) is 6.42 Å². The number of amides is 1. The summed E-state index contributed by atoms with van der Waals surface area (Å²) in [6, 6.07) is 2.01. The van der Waals surface area contributed by atoms with Gasteiger partial charge in [0.1, 0.15) is 5.01 Å². The Labute approximate surface area is 155 Å². The molecule has 0 aliphatic carbocycles. The van der Waals surface area contributed by atoms with E-state index in [2.05, 4.69) is 4.98 Å². The van der Waals surface area contributed by atoms with Crippen LogP contribution < -0.4 is 0 Å². The minimum Gasteiger partial charge on any atom is -0.340 e. The summed E-state index contributed by atoms with van der Waals surface area (Å²) in [5, 5.41) is 6.88. The van der Waals surface area contributed by atoms with Crippen LogP contribution in [-0.2, 0) is 21.4 Å². The molecule has 1 saturated heterocycles. The van der Waals surface area contributed by atoms with Gasteiger partial charge in [0, 0.05) is 56.6 Å². The maximum Gasteiger partial charge on any atom is 0.281 e. The Balaban J connectivity index is 1.57. The largest absolute Gasteiger partial charge is 0.340 e. The smallest absolute Gasteiger partial charge is 0.281 e. The van der Waals surface area contributed by atoms with Crippen molar-refractivity contribution in [1.29, 1.82) is 0 Å². The number of nitrogens with zero attached hydrogens (tertiary/aromatic N) is 4. The SMILES string of the molecule is CN(C)S(=O)(=O)N1CCN(C(=O)Cc2csc(-c3ccsc3)n2)CC1. The van der Waals surface area contributed by atoms with Crippen LogP contribution in [0.2, 0.25) is 0 Å². The number of hydrogen-bond acceptors (Lipinski definition) is 6. The van der Waals surface area contributed by atoms with Gasteiger partial charge in [-0.3, -0.25) is 4.79 Å². The predicted molar refractivity (Wildman–Crippen MR) is 99.9 cm³/mol. The number of carbonyl (C=O) groups is 1. The number of piperazine rings is 1. The molecule has 0 spiro atoms. The van der Waals surface area contributed by atoms with E-state index in [0.717, 1.165) is 16.3 Å². The average molecular weight is 401 g/mol. The second kappa shape index (κ2) is 7.50. The van der Waals surface area contributed by atoms with Gasteiger partial charge in [-0.25, -0.2) is 4.98 Å². The van der Waals surface area contributed by atoms with E-state index in [-0.39, 0.29) is 12.3 Å². The first kappa shape index (κ1) is 18.5. The molecule has 3 heterocycles. The van der Waals surface area contributed by atoms with E-state index >= 15 is 0 Å². The first-order valence-electron chi connectivity index (χ1n) is 7.80. The van der Waals surface area contributed by atoms with Gasteiger partial charge in [-0.05, 0) is 11.4 Å². The van der Waals surface area contributed by atoms with Crippen molar-refractivity contribution in [3.63, 3.8) is 0 Å². The molecule has 3 rings (SSSR count). The van der Waals surface area contributed by atoms with Crippen LogP contribution in [0.3, 0.4) is 0 Å². The Bertz CT molecular complexity index is 822. The molecule has 1 aliphatic heterocycles. The molecule has 0 unspecified atom stereocenters. The van der Waals surface area contributed by atoms with Crippen LogP contribution in [0.25, 0.3) is 10.6 Å². The highest BCUT2D eigenvalue weighted by molar-refractivity contribution is 7.86. The molecule has 0 atom stereocenters. The molecule has 0 aromatic carbocycles. The average Bonchev–Trinajstić information content (AvgIpc) is 3.26. The molecule has 2 aromatic heterocycles. The van der Waals surface area contributed by atoms with Crippen molar-refractivity contribution in [2.75, 3.05) is 40.3 Å². The predicted octanol–water partition coefficient (Wildman–Crippen LogP) is 1.36. The van der Waals surface area contributed by atoms with Crippen LogP contribution in [0.4, 0.5) is 0 Å². The lowest BCUT2D eigenvalue weighted by molar-refractivity contribution is -0.131. The highest BCUT2D eigenvalue weighted by Gasteiger charge is 2.30. The second-order valence-electron chi connectivity index (χ2n) is 5.90. The first-order chi connectivity index (χ1) is 11.9. The minimum atomic E-state index is -3.41. The monoisotopic (exact) mass is 400 g/mol. The van der Waals surface area contributed by atoms with Crippen LogP contribution in [0, 0.1) is 0 Å². The van der Waals surface area contributed by atoms with Gasteiger partial charge in [-0.15, -0.1) is 11.3 Å². The van der Waals surface area contributed by atoms with Crippen LogP contribution in [-0.4, -0.2) is 73.1 Å². The zero-order valence-corrected chi connectivity index (χ0v) is 16.5. The first-order valence-corrected chi connectivity index (χ1v) is 11.0. The van der Waals surface area contributed by atoms with Crippen LogP contribution in [0.1, 0.15) is 5.69 Å². The molecule has 1 amide bonds. The fraction of sp³-hybridized carbons (Fsp3) is 0.467. The maximum atomic E-state index is 12.5. The van der Waals surface area contributed by atoms with Gasteiger partial charge >= 0.3 is 0 Å². The van der Waals surface area contributed by atoms with Crippen LogP contribution in [0.15, 0.2) is 22.2 Å². The van der Waals surface area contributed by atoms with Crippen molar-refractivity contribution in [1.82, 2.24) is 18.5 Å². The standard InChI is InChI=1S/C15H20N4O3S3/c1-17(2)25(21,22)19-6-4-18(5-7-19)14(20)9-13-11-24-15(16-13)12-3-8-23-10-12/h3,8,10-11H,4-7,9H2,1-2H3. The van der Waals surface area contributed by atoms with Gasteiger partial charge in [0.25, 0.3) is 10.2 Å². The van der Waals surface area contributed by atoms with Crippen molar-refractivity contribution in [2.24, 2.45) is 0 Å². The Morgan fingerprint density at radius 3 is 2.56 bits per heavy atom. The van der Waals surface area contributed by atoms with E-state index in [9.17, 15) is 13.2 Å². The Morgan fingerprint density at radius 1 is 1.24 bits per heavy atom. The number of thiophene rings is 1. The molecule has 1 fully saturated rings. The van der Waals surface area contributed by atoms with E-state index in [0.29, 0.717) is 26.2 Å². The highest BCUT2D eigenvalue weighted by Crippen LogP contribution is 2.26. The molecule has 0 N–H and O–H groups in total. The van der Waals surface area contributed by atoms with Crippen LogP contribution in [0.5, 0.6) is 0 Å². The minimum absolute atomic E-state index is 0.0101. The molecule has 2 aromatic rings. The summed E-state index contributed by atoms with van der Waals surface area (Å²) in [4.78, 5) is 18.7. The lowest BCUT2D eigenvalue weighted by Gasteiger charge is -2.35. The summed E-state index contributed by atoms with van der Waals surface area (Å²) in [6.45, 7) is 1.47. The van der Waals surface area contributed by atoms with Crippen molar-refractivity contribution >= 4 is 38.8 Å². The van der Waals surface area contributed by atoms with Crippen molar-refractivity contribution in [3.05, 3.63) is 27.9 Å². The molecule has 25 heavy (non-hydrogen) atoms. The number of aromatic nitrogens is 1. The third kappa shape index (κ3) is 4.09.